The molecule has 0 spiro atoms. The molecule has 1 aliphatic rings. The number of benzene rings is 1. The van der Waals surface area contributed by atoms with Crippen LogP contribution < -0.4 is 5.32 Å². The fourth-order valence-corrected chi connectivity index (χ4v) is 3.08. The Morgan fingerprint density at radius 1 is 1.33 bits per heavy atom. The Morgan fingerprint density at radius 3 is 2.58 bits per heavy atom. The standard InChI is InChI=1S/C18H24ClFN2O2/c1-12(2)6-9-21-17(23)13-7-10-22(11-8-13)18(24)16-14(19)4-3-5-15(16)20/h3-5,12-13H,6-11H2,1-2H3,(H,21,23). The molecule has 4 nitrogen and oxygen atoms in total. The molecule has 0 aliphatic carbocycles. The smallest absolute Gasteiger partial charge is 0.258 e. The molecular formula is C18H24ClFN2O2. The second-order valence-electron chi connectivity index (χ2n) is 6.64. The maximum atomic E-state index is 13.9. The van der Waals surface area contributed by atoms with Crippen LogP contribution in [0.3, 0.4) is 0 Å². The maximum absolute atomic E-state index is 13.9. The number of halogens is 2. The molecule has 132 valence electrons. The average Bonchev–Trinajstić information content (AvgIpc) is 2.54. The SMILES string of the molecule is CC(C)CCNC(=O)C1CCN(C(=O)c2c(F)cccc2Cl)CC1. The van der Waals surface area contributed by atoms with Gasteiger partial charge < -0.3 is 10.2 Å². The van der Waals surface area contributed by atoms with Gasteiger partial charge in [0.05, 0.1) is 10.6 Å². The zero-order valence-corrected chi connectivity index (χ0v) is 14.9. The van der Waals surface area contributed by atoms with E-state index in [0.29, 0.717) is 38.4 Å². The van der Waals surface area contributed by atoms with E-state index in [9.17, 15) is 14.0 Å². The number of piperidine rings is 1. The van der Waals surface area contributed by atoms with E-state index >= 15 is 0 Å². The van der Waals surface area contributed by atoms with E-state index < -0.39 is 11.7 Å². The van der Waals surface area contributed by atoms with E-state index in [0.717, 1.165) is 6.42 Å². The van der Waals surface area contributed by atoms with Crippen LogP contribution >= 0.6 is 11.6 Å². The molecule has 1 N–H and O–H groups in total. The fraction of sp³-hybridized carbons (Fsp3) is 0.556. The van der Waals surface area contributed by atoms with E-state index in [1.54, 1.807) is 4.90 Å². The molecule has 1 aromatic rings. The van der Waals surface area contributed by atoms with Crippen LogP contribution in [0.5, 0.6) is 0 Å². The van der Waals surface area contributed by atoms with Gasteiger partial charge in [-0.05, 0) is 37.3 Å². The molecule has 1 saturated heterocycles. The van der Waals surface area contributed by atoms with Crippen molar-refractivity contribution in [1.29, 1.82) is 0 Å². The predicted octanol–water partition coefficient (Wildman–Crippen LogP) is 3.49. The number of hydrogen-bond acceptors (Lipinski definition) is 2. The van der Waals surface area contributed by atoms with Crippen molar-refractivity contribution in [2.75, 3.05) is 19.6 Å². The van der Waals surface area contributed by atoms with Gasteiger partial charge in [0, 0.05) is 25.6 Å². The molecule has 0 unspecified atom stereocenters. The van der Waals surface area contributed by atoms with Gasteiger partial charge in [-0.25, -0.2) is 4.39 Å². The summed E-state index contributed by atoms with van der Waals surface area (Å²) in [5.74, 6) is -0.503. The van der Waals surface area contributed by atoms with Crippen LogP contribution in [0, 0.1) is 17.7 Å². The first-order valence-corrected chi connectivity index (χ1v) is 8.79. The van der Waals surface area contributed by atoms with Crippen molar-refractivity contribution in [2.45, 2.75) is 33.1 Å². The summed E-state index contributed by atoms with van der Waals surface area (Å²) >= 11 is 5.95. The highest BCUT2D eigenvalue weighted by Crippen LogP contribution is 2.24. The third-order valence-electron chi connectivity index (χ3n) is 4.35. The summed E-state index contributed by atoms with van der Waals surface area (Å²) in [5.41, 5.74) is -0.0843. The van der Waals surface area contributed by atoms with Gasteiger partial charge in [0.2, 0.25) is 5.91 Å². The number of nitrogens with one attached hydrogen (secondary N) is 1. The van der Waals surface area contributed by atoms with E-state index in [-0.39, 0.29) is 22.4 Å². The summed E-state index contributed by atoms with van der Waals surface area (Å²) in [6.07, 6.45) is 2.13. The Balaban J connectivity index is 1.88. The van der Waals surface area contributed by atoms with Crippen LogP contribution in [0.1, 0.15) is 43.5 Å². The summed E-state index contributed by atoms with van der Waals surface area (Å²) < 4.78 is 13.9. The Bertz CT molecular complexity index is 578. The Kier molecular flexibility index (Phi) is 6.60. The topological polar surface area (TPSA) is 49.4 Å². The highest BCUT2D eigenvalue weighted by atomic mass is 35.5. The van der Waals surface area contributed by atoms with E-state index in [2.05, 4.69) is 19.2 Å². The molecule has 0 bridgehead atoms. The summed E-state index contributed by atoms with van der Waals surface area (Å²) in [6, 6.07) is 4.21. The van der Waals surface area contributed by atoms with Gasteiger partial charge in [-0.2, -0.15) is 0 Å². The third kappa shape index (κ3) is 4.69. The first kappa shape index (κ1) is 18.7. The fourth-order valence-electron chi connectivity index (χ4n) is 2.83. The minimum Gasteiger partial charge on any atom is -0.356 e. The highest BCUT2D eigenvalue weighted by molar-refractivity contribution is 6.33. The van der Waals surface area contributed by atoms with Crippen molar-refractivity contribution in [3.63, 3.8) is 0 Å². The van der Waals surface area contributed by atoms with Crippen LogP contribution in [-0.2, 0) is 4.79 Å². The summed E-state index contributed by atoms with van der Waals surface area (Å²) in [6.45, 7) is 5.78. The normalized spacial score (nSPS) is 15.6. The van der Waals surface area contributed by atoms with Gasteiger partial charge in [0.25, 0.3) is 5.91 Å². The minimum atomic E-state index is -0.610. The van der Waals surface area contributed by atoms with E-state index in [1.165, 1.54) is 18.2 Å². The van der Waals surface area contributed by atoms with Crippen LogP contribution in [0.2, 0.25) is 5.02 Å². The van der Waals surface area contributed by atoms with E-state index in [1.807, 2.05) is 0 Å². The Hall–Kier alpha value is -1.62. The summed E-state index contributed by atoms with van der Waals surface area (Å²) in [5, 5.41) is 3.07. The molecule has 1 heterocycles. The molecule has 0 radical (unpaired) electrons. The van der Waals surface area contributed by atoms with Crippen LogP contribution in [0.15, 0.2) is 18.2 Å². The molecule has 2 amide bonds. The molecule has 0 aromatic heterocycles. The largest absolute Gasteiger partial charge is 0.356 e. The zero-order valence-electron chi connectivity index (χ0n) is 14.1. The average molecular weight is 355 g/mol. The van der Waals surface area contributed by atoms with Gasteiger partial charge in [0.1, 0.15) is 5.82 Å². The third-order valence-corrected chi connectivity index (χ3v) is 4.67. The maximum Gasteiger partial charge on any atom is 0.258 e. The molecule has 2 rings (SSSR count). The first-order valence-electron chi connectivity index (χ1n) is 8.41. The number of hydrogen-bond donors (Lipinski definition) is 1. The van der Waals surface area contributed by atoms with Crippen molar-refractivity contribution in [3.05, 3.63) is 34.6 Å². The van der Waals surface area contributed by atoms with E-state index in [4.69, 9.17) is 11.6 Å². The van der Waals surface area contributed by atoms with Crippen LogP contribution in [-0.4, -0.2) is 36.3 Å². The lowest BCUT2D eigenvalue weighted by atomic mass is 9.95. The minimum absolute atomic E-state index is 0.0478. The van der Waals surface area contributed by atoms with Crippen molar-refractivity contribution in [3.8, 4) is 0 Å². The van der Waals surface area contributed by atoms with Gasteiger partial charge in [-0.3, -0.25) is 9.59 Å². The monoisotopic (exact) mass is 354 g/mol. The Morgan fingerprint density at radius 2 is 2.00 bits per heavy atom. The van der Waals surface area contributed by atoms with Crippen molar-refractivity contribution >= 4 is 23.4 Å². The van der Waals surface area contributed by atoms with Gasteiger partial charge in [0.15, 0.2) is 0 Å². The quantitative estimate of drug-likeness (QED) is 0.879. The van der Waals surface area contributed by atoms with Crippen LogP contribution in [0.4, 0.5) is 4.39 Å². The molecular weight excluding hydrogens is 331 g/mol. The number of rotatable bonds is 5. The van der Waals surface area contributed by atoms with Crippen molar-refractivity contribution < 1.29 is 14.0 Å². The molecule has 24 heavy (non-hydrogen) atoms. The van der Waals surface area contributed by atoms with Crippen molar-refractivity contribution in [1.82, 2.24) is 10.2 Å². The van der Waals surface area contributed by atoms with Crippen molar-refractivity contribution in [2.24, 2.45) is 11.8 Å². The molecule has 1 fully saturated rings. The summed E-state index contributed by atoms with van der Waals surface area (Å²) in [7, 11) is 0. The lowest BCUT2D eigenvalue weighted by molar-refractivity contribution is -0.126. The number of carbonyl (C=O) groups is 2. The number of nitrogens with zero attached hydrogens (tertiary/aromatic N) is 1. The molecule has 1 aliphatic heterocycles. The zero-order chi connectivity index (χ0) is 17.7. The van der Waals surface area contributed by atoms with Crippen LogP contribution in [0.25, 0.3) is 0 Å². The molecule has 0 saturated carbocycles. The molecule has 0 atom stereocenters. The molecule has 6 heteroatoms. The lowest BCUT2D eigenvalue weighted by Crippen LogP contribution is -2.43. The van der Waals surface area contributed by atoms with Gasteiger partial charge in [-0.1, -0.05) is 31.5 Å². The predicted molar refractivity (Wildman–Crippen MR) is 92.5 cm³/mol. The Labute approximate surface area is 147 Å². The first-order chi connectivity index (χ1) is 11.4. The number of likely N-dealkylation sites (tertiary alicyclic amines) is 1. The lowest BCUT2D eigenvalue weighted by Gasteiger charge is -2.31. The number of amides is 2. The number of carbonyl (C=O) groups excluding carboxylic acids is 2. The second-order valence-corrected chi connectivity index (χ2v) is 7.04. The van der Waals surface area contributed by atoms with Gasteiger partial charge >= 0.3 is 0 Å². The van der Waals surface area contributed by atoms with Gasteiger partial charge in [-0.15, -0.1) is 0 Å². The molecule has 1 aromatic carbocycles. The highest BCUT2D eigenvalue weighted by Gasteiger charge is 2.29. The summed E-state index contributed by atoms with van der Waals surface area (Å²) in [4.78, 5) is 26.2. The second kappa shape index (κ2) is 8.47.